The molecule has 2 aliphatic rings. The minimum atomic E-state index is -1.44. The number of carboxylic acid groups (broad SMARTS) is 1. The van der Waals surface area contributed by atoms with Crippen LogP contribution >= 0.6 is 23.2 Å². The van der Waals surface area contributed by atoms with Crippen LogP contribution in [0.15, 0.2) is 42.5 Å². The van der Waals surface area contributed by atoms with Gasteiger partial charge in [0.25, 0.3) is 5.91 Å². The first-order valence-electron chi connectivity index (χ1n) is 10.0. The van der Waals surface area contributed by atoms with Crippen molar-refractivity contribution in [2.24, 2.45) is 5.92 Å². The normalized spacial score (nSPS) is 19.3. The van der Waals surface area contributed by atoms with Gasteiger partial charge >= 0.3 is 12.0 Å². The van der Waals surface area contributed by atoms with E-state index in [4.69, 9.17) is 27.9 Å². The predicted octanol–water partition coefficient (Wildman–Crippen LogP) is 3.03. The van der Waals surface area contributed by atoms with Crippen LogP contribution in [0.5, 0.6) is 0 Å². The van der Waals surface area contributed by atoms with Crippen molar-refractivity contribution in [2.45, 2.75) is 6.54 Å². The third kappa shape index (κ3) is 4.52. The quantitative estimate of drug-likeness (QED) is 0.644. The molecule has 1 atom stereocenters. The van der Waals surface area contributed by atoms with Crippen LogP contribution in [0, 0.1) is 5.92 Å². The standard InChI is InChI=1S/C22H19Cl2N3O6/c23-17-3-1-2-13(19(17)24)10-27-20(29)16(21(30)31)11-26(22(27)32)15-6-4-14(5-7-15)25-8-9-33-12-18(25)28/h1-7,16H,8-12H2,(H,30,31). The number of hydrogen-bond donors (Lipinski definition) is 1. The molecule has 2 fully saturated rings. The Morgan fingerprint density at radius 3 is 2.33 bits per heavy atom. The Balaban J connectivity index is 1.62. The Kier molecular flexibility index (Phi) is 6.55. The number of benzene rings is 2. The van der Waals surface area contributed by atoms with E-state index in [1.807, 2.05) is 0 Å². The minimum Gasteiger partial charge on any atom is -0.481 e. The summed E-state index contributed by atoms with van der Waals surface area (Å²) in [6.07, 6.45) is 0. The van der Waals surface area contributed by atoms with E-state index >= 15 is 0 Å². The number of hydrogen-bond acceptors (Lipinski definition) is 5. The maximum Gasteiger partial charge on any atom is 0.331 e. The van der Waals surface area contributed by atoms with Gasteiger partial charge in [-0.25, -0.2) is 4.79 Å². The third-order valence-electron chi connectivity index (χ3n) is 5.51. The van der Waals surface area contributed by atoms with Crippen LogP contribution in [0.25, 0.3) is 0 Å². The molecule has 9 nitrogen and oxygen atoms in total. The number of halogens is 2. The number of aliphatic carboxylic acids is 1. The van der Waals surface area contributed by atoms with Crippen molar-refractivity contribution >= 4 is 58.4 Å². The molecule has 0 aliphatic carbocycles. The lowest BCUT2D eigenvalue weighted by Gasteiger charge is -2.37. The molecule has 2 saturated heterocycles. The van der Waals surface area contributed by atoms with Gasteiger partial charge < -0.3 is 14.7 Å². The van der Waals surface area contributed by atoms with Crippen molar-refractivity contribution in [2.75, 3.05) is 36.1 Å². The van der Waals surface area contributed by atoms with Crippen LogP contribution in [0.1, 0.15) is 5.56 Å². The number of carbonyl (C=O) groups is 4. The van der Waals surface area contributed by atoms with Gasteiger partial charge in [-0.1, -0.05) is 35.3 Å². The van der Waals surface area contributed by atoms with Gasteiger partial charge in [0, 0.05) is 24.5 Å². The van der Waals surface area contributed by atoms with Gasteiger partial charge in [-0.2, -0.15) is 0 Å². The fourth-order valence-corrected chi connectivity index (χ4v) is 4.14. The highest BCUT2D eigenvalue weighted by atomic mass is 35.5. The number of rotatable bonds is 5. The molecule has 2 heterocycles. The Hall–Kier alpha value is -3.14. The lowest BCUT2D eigenvalue weighted by atomic mass is 10.0. The summed E-state index contributed by atoms with van der Waals surface area (Å²) in [5.41, 5.74) is 1.44. The Morgan fingerprint density at radius 2 is 1.70 bits per heavy atom. The molecule has 1 unspecified atom stereocenters. The second kappa shape index (κ2) is 9.38. The summed E-state index contributed by atoms with van der Waals surface area (Å²) in [6, 6.07) is 10.7. The van der Waals surface area contributed by atoms with Crippen molar-refractivity contribution in [3.8, 4) is 0 Å². The van der Waals surface area contributed by atoms with Gasteiger partial charge in [0.05, 0.1) is 23.2 Å². The van der Waals surface area contributed by atoms with Crippen LogP contribution in [-0.2, 0) is 25.7 Å². The van der Waals surface area contributed by atoms with Crippen molar-refractivity contribution in [1.82, 2.24) is 4.90 Å². The van der Waals surface area contributed by atoms with E-state index in [0.29, 0.717) is 30.1 Å². The molecule has 4 amide bonds. The van der Waals surface area contributed by atoms with E-state index in [9.17, 15) is 24.3 Å². The van der Waals surface area contributed by atoms with Gasteiger partial charge in [-0.15, -0.1) is 0 Å². The number of carboxylic acids is 1. The lowest BCUT2D eigenvalue weighted by Crippen LogP contribution is -2.58. The van der Waals surface area contributed by atoms with Crippen molar-refractivity contribution in [1.29, 1.82) is 0 Å². The summed E-state index contributed by atoms with van der Waals surface area (Å²) >= 11 is 12.2. The Bertz CT molecular complexity index is 1120. The number of imide groups is 1. The van der Waals surface area contributed by atoms with Crippen LogP contribution in [0.4, 0.5) is 16.2 Å². The fraction of sp³-hybridized carbons (Fsp3) is 0.273. The monoisotopic (exact) mass is 491 g/mol. The van der Waals surface area contributed by atoms with E-state index in [1.54, 1.807) is 47.4 Å². The van der Waals surface area contributed by atoms with Crippen LogP contribution in [0.2, 0.25) is 10.0 Å². The van der Waals surface area contributed by atoms with Gasteiger partial charge in [0.2, 0.25) is 5.91 Å². The maximum atomic E-state index is 13.2. The molecule has 0 saturated carbocycles. The number of morpholine rings is 1. The van der Waals surface area contributed by atoms with E-state index in [2.05, 4.69) is 0 Å². The van der Waals surface area contributed by atoms with Crippen molar-refractivity contribution < 1.29 is 29.0 Å². The Morgan fingerprint density at radius 1 is 1.03 bits per heavy atom. The van der Waals surface area contributed by atoms with Gasteiger partial charge in [-0.05, 0) is 35.9 Å². The molecule has 0 bridgehead atoms. The first kappa shape index (κ1) is 23.0. The number of urea groups is 1. The molecule has 1 N–H and O–H groups in total. The molecule has 33 heavy (non-hydrogen) atoms. The molecule has 172 valence electrons. The average molecular weight is 492 g/mol. The zero-order valence-corrected chi connectivity index (χ0v) is 18.8. The van der Waals surface area contributed by atoms with Gasteiger partial charge in [0.15, 0.2) is 5.92 Å². The molecule has 0 spiro atoms. The van der Waals surface area contributed by atoms with Crippen LogP contribution in [-0.4, -0.2) is 60.1 Å². The lowest BCUT2D eigenvalue weighted by molar-refractivity contribution is -0.150. The topological polar surface area (TPSA) is 107 Å². The van der Waals surface area contributed by atoms with Crippen molar-refractivity contribution in [3.05, 3.63) is 58.1 Å². The Labute approximate surface area is 199 Å². The highest BCUT2D eigenvalue weighted by Crippen LogP contribution is 2.31. The summed E-state index contributed by atoms with van der Waals surface area (Å²) in [5.74, 6) is -3.78. The number of anilines is 2. The highest BCUT2D eigenvalue weighted by molar-refractivity contribution is 6.42. The van der Waals surface area contributed by atoms with Gasteiger partial charge in [0.1, 0.15) is 6.61 Å². The molecule has 2 aromatic rings. The first-order chi connectivity index (χ1) is 15.8. The summed E-state index contributed by atoms with van der Waals surface area (Å²) in [6.45, 7) is 0.280. The van der Waals surface area contributed by atoms with Gasteiger partial charge in [-0.3, -0.25) is 24.2 Å². The second-order valence-corrected chi connectivity index (χ2v) is 8.32. The SMILES string of the molecule is O=C(O)C1CN(c2ccc(N3CCOCC3=O)cc2)C(=O)N(Cc2cccc(Cl)c2Cl)C1=O. The van der Waals surface area contributed by atoms with Crippen LogP contribution < -0.4 is 9.80 Å². The highest BCUT2D eigenvalue weighted by Gasteiger charge is 2.43. The molecule has 0 aromatic heterocycles. The molecule has 4 rings (SSSR count). The van der Waals surface area contributed by atoms with E-state index in [0.717, 1.165) is 4.90 Å². The number of amides is 4. The summed E-state index contributed by atoms with van der Waals surface area (Å²) in [4.78, 5) is 53.5. The molecule has 11 heteroatoms. The molecular weight excluding hydrogens is 473 g/mol. The summed E-state index contributed by atoms with van der Waals surface area (Å²) in [5, 5.41) is 10.0. The maximum absolute atomic E-state index is 13.2. The van der Waals surface area contributed by atoms with Crippen molar-refractivity contribution in [3.63, 3.8) is 0 Å². The summed E-state index contributed by atoms with van der Waals surface area (Å²) < 4.78 is 5.13. The number of nitrogens with zero attached hydrogens (tertiary/aromatic N) is 3. The smallest absolute Gasteiger partial charge is 0.331 e. The molecule has 0 radical (unpaired) electrons. The van der Waals surface area contributed by atoms with Crippen LogP contribution in [0.3, 0.4) is 0 Å². The van der Waals surface area contributed by atoms with E-state index in [1.165, 1.54) is 4.90 Å². The number of ether oxygens (including phenoxy) is 1. The largest absolute Gasteiger partial charge is 0.481 e. The third-order valence-corrected chi connectivity index (χ3v) is 6.37. The zero-order chi connectivity index (χ0) is 23.7. The fourth-order valence-electron chi connectivity index (χ4n) is 3.76. The zero-order valence-electron chi connectivity index (χ0n) is 17.2. The molecule has 2 aliphatic heterocycles. The van der Waals surface area contributed by atoms with E-state index < -0.39 is 23.8 Å². The second-order valence-electron chi connectivity index (χ2n) is 7.54. The average Bonchev–Trinajstić information content (AvgIpc) is 2.80. The first-order valence-corrected chi connectivity index (χ1v) is 10.8. The summed E-state index contributed by atoms with van der Waals surface area (Å²) in [7, 11) is 0. The molecule has 2 aromatic carbocycles. The minimum absolute atomic E-state index is 0.00418. The number of carbonyl (C=O) groups excluding carboxylic acids is 3. The predicted molar refractivity (Wildman–Crippen MR) is 120 cm³/mol. The van der Waals surface area contributed by atoms with E-state index in [-0.39, 0.29) is 35.6 Å². The molecular formula is C22H19Cl2N3O6.